The fraction of sp³-hybridized carbons (Fsp3) is 0.667. The molecule has 4 aliphatic rings. The van der Waals surface area contributed by atoms with Crippen molar-refractivity contribution >= 4 is 7.82 Å². The zero-order chi connectivity index (χ0) is 23.1. The van der Waals surface area contributed by atoms with E-state index >= 15 is 0 Å². The highest BCUT2D eigenvalue weighted by Crippen LogP contribution is 2.59. The summed E-state index contributed by atoms with van der Waals surface area (Å²) in [6, 6.07) is 6.42. The van der Waals surface area contributed by atoms with Gasteiger partial charge in [-0.2, -0.15) is 0 Å². The van der Waals surface area contributed by atoms with Crippen LogP contribution < -0.4 is 9.47 Å². The molecule has 1 aliphatic carbocycles. The summed E-state index contributed by atoms with van der Waals surface area (Å²) in [4.78, 5) is 2.36. The number of phosphoric acid groups is 1. The molecule has 5 rings (SSSR count). The van der Waals surface area contributed by atoms with Crippen molar-refractivity contribution < 1.29 is 32.3 Å². The number of fused-ring (bicyclic) bond motifs is 1. The maximum Gasteiger partial charge on any atom is 0.529 e. The van der Waals surface area contributed by atoms with Crippen LogP contribution in [-0.4, -0.2) is 65.2 Å². The van der Waals surface area contributed by atoms with Gasteiger partial charge in [0.2, 0.25) is 0 Å². The van der Waals surface area contributed by atoms with E-state index in [9.17, 15) is 4.57 Å². The van der Waals surface area contributed by atoms with E-state index in [2.05, 4.69) is 30.2 Å². The summed E-state index contributed by atoms with van der Waals surface area (Å²) in [5.74, 6) is 2.15. The Hall–Kier alpha value is -1.57. The first-order valence-corrected chi connectivity index (χ1v) is 13.2. The molecule has 0 N–H and O–H groups in total. The summed E-state index contributed by atoms with van der Waals surface area (Å²) >= 11 is 0. The Morgan fingerprint density at radius 2 is 1.79 bits per heavy atom. The van der Waals surface area contributed by atoms with Crippen LogP contribution in [0.2, 0.25) is 0 Å². The fourth-order valence-electron chi connectivity index (χ4n) is 5.75. The summed E-state index contributed by atoms with van der Waals surface area (Å²) in [6.07, 6.45) is 6.25. The lowest BCUT2D eigenvalue weighted by atomic mass is 9.68. The number of nitrogens with zero attached hydrogens (tertiary/aromatic N) is 1. The van der Waals surface area contributed by atoms with Crippen molar-refractivity contribution in [2.75, 3.05) is 54.2 Å². The number of likely N-dealkylation sites (tertiary alicyclic amines) is 1. The first-order chi connectivity index (χ1) is 15.9. The summed E-state index contributed by atoms with van der Waals surface area (Å²) in [5, 5.41) is 0. The van der Waals surface area contributed by atoms with Crippen LogP contribution in [0.3, 0.4) is 0 Å². The van der Waals surface area contributed by atoms with Crippen molar-refractivity contribution in [3.8, 4) is 11.5 Å². The number of benzene rings is 1. The van der Waals surface area contributed by atoms with E-state index in [-0.39, 0.29) is 16.9 Å². The van der Waals surface area contributed by atoms with Crippen molar-refractivity contribution in [3.05, 3.63) is 35.6 Å². The Kier molecular flexibility index (Phi) is 6.25. The molecule has 2 atom stereocenters. The molecule has 0 saturated carbocycles. The zero-order valence-corrected chi connectivity index (χ0v) is 20.6. The fourth-order valence-corrected chi connectivity index (χ4v) is 7.23. The minimum absolute atomic E-state index is 0.0594. The monoisotopic (exact) mass is 479 g/mol. The third-order valence-corrected chi connectivity index (χ3v) is 9.32. The second kappa shape index (κ2) is 8.90. The van der Waals surface area contributed by atoms with Gasteiger partial charge in [0.15, 0.2) is 11.5 Å². The Bertz CT molecular complexity index is 946. The number of phosphoric ester groups is 1. The van der Waals surface area contributed by atoms with Gasteiger partial charge in [-0.3, -0.25) is 9.05 Å². The third kappa shape index (κ3) is 4.21. The highest BCUT2D eigenvalue weighted by Gasteiger charge is 2.51. The number of allylic oxidation sites excluding steroid dienone is 1. The van der Waals surface area contributed by atoms with Gasteiger partial charge in [0, 0.05) is 36.5 Å². The average molecular weight is 480 g/mol. The van der Waals surface area contributed by atoms with E-state index in [1.807, 2.05) is 6.07 Å². The van der Waals surface area contributed by atoms with E-state index in [1.54, 1.807) is 14.2 Å². The second-order valence-electron chi connectivity index (χ2n) is 9.75. The van der Waals surface area contributed by atoms with E-state index < -0.39 is 7.82 Å². The standard InChI is InChI=1S/C24H34NO7P/c1-25-11-8-24(18-4-5-20(27-2)21(14-18)28-3)7-6-19(15-22(24)25)32-33(26)30-16-23(17-31-33)9-12-29-13-10-23/h4-6,14,22H,7-13,15-17H2,1-3H3/t22-,24-/m0/s1. The topological polar surface area (TPSA) is 75.7 Å². The lowest BCUT2D eigenvalue weighted by Gasteiger charge is -2.43. The van der Waals surface area contributed by atoms with Crippen LogP contribution in [0.5, 0.6) is 11.5 Å². The second-order valence-corrected chi connectivity index (χ2v) is 11.3. The van der Waals surface area contributed by atoms with Gasteiger partial charge < -0.3 is 23.6 Å². The Morgan fingerprint density at radius 1 is 1.06 bits per heavy atom. The van der Waals surface area contributed by atoms with Gasteiger partial charge in [-0.1, -0.05) is 6.07 Å². The van der Waals surface area contributed by atoms with E-state index in [0.29, 0.717) is 38.6 Å². The molecule has 1 aromatic rings. The van der Waals surface area contributed by atoms with Crippen LogP contribution in [0.15, 0.2) is 30.0 Å². The van der Waals surface area contributed by atoms with Crippen molar-refractivity contribution in [2.45, 2.75) is 43.6 Å². The summed E-state index contributed by atoms with van der Waals surface area (Å²) in [5.41, 5.74) is 1.06. The molecular weight excluding hydrogens is 445 g/mol. The van der Waals surface area contributed by atoms with Crippen LogP contribution in [0, 0.1) is 5.41 Å². The maximum atomic E-state index is 13.2. The minimum atomic E-state index is -3.61. The predicted octanol–water partition coefficient (Wildman–Crippen LogP) is 4.29. The maximum absolute atomic E-state index is 13.2. The number of hydrogen-bond acceptors (Lipinski definition) is 8. The van der Waals surface area contributed by atoms with Crippen molar-refractivity contribution in [2.24, 2.45) is 5.41 Å². The lowest BCUT2D eigenvalue weighted by Crippen LogP contribution is -2.43. The molecule has 0 bridgehead atoms. The van der Waals surface area contributed by atoms with E-state index in [4.69, 9.17) is 27.8 Å². The molecule has 8 nitrogen and oxygen atoms in total. The Balaban J connectivity index is 1.33. The van der Waals surface area contributed by atoms with Crippen LogP contribution in [-0.2, 0) is 28.3 Å². The zero-order valence-electron chi connectivity index (χ0n) is 19.7. The third-order valence-electron chi connectivity index (χ3n) is 7.97. The van der Waals surface area contributed by atoms with E-state index in [1.165, 1.54) is 5.56 Å². The van der Waals surface area contributed by atoms with Crippen LogP contribution in [0.25, 0.3) is 0 Å². The lowest BCUT2D eigenvalue weighted by molar-refractivity contribution is -0.0736. The molecule has 1 spiro atoms. The predicted molar refractivity (Wildman–Crippen MR) is 123 cm³/mol. The molecule has 3 fully saturated rings. The number of rotatable bonds is 5. The number of hydrogen-bond donors (Lipinski definition) is 0. The van der Waals surface area contributed by atoms with Gasteiger partial charge in [0.1, 0.15) is 5.76 Å². The molecule has 0 aromatic heterocycles. The van der Waals surface area contributed by atoms with Gasteiger partial charge in [-0.25, -0.2) is 4.57 Å². The first-order valence-electron chi connectivity index (χ1n) is 11.7. The van der Waals surface area contributed by atoms with Crippen molar-refractivity contribution in [1.29, 1.82) is 0 Å². The van der Waals surface area contributed by atoms with Crippen molar-refractivity contribution in [3.63, 3.8) is 0 Å². The molecule has 3 aliphatic heterocycles. The molecule has 9 heteroatoms. The van der Waals surface area contributed by atoms with Crippen LogP contribution in [0.1, 0.15) is 37.7 Å². The van der Waals surface area contributed by atoms with Gasteiger partial charge in [0.25, 0.3) is 0 Å². The smallest absolute Gasteiger partial charge is 0.493 e. The molecule has 1 aromatic carbocycles. The SMILES string of the molecule is COc1ccc([C@@]23CC=C(OP4(=O)OCC5(CCOCC5)CO4)C[C@@H]2N(C)CC3)cc1OC. The highest BCUT2D eigenvalue weighted by atomic mass is 31.2. The quantitative estimate of drug-likeness (QED) is 0.579. The molecule has 182 valence electrons. The van der Waals surface area contributed by atoms with Gasteiger partial charge in [-0.15, -0.1) is 0 Å². The van der Waals surface area contributed by atoms with Gasteiger partial charge in [-0.05, 0) is 63.0 Å². The Labute approximate surface area is 195 Å². The number of likely N-dealkylation sites (N-methyl/N-ethyl adjacent to an activating group) is 1. The van der Waals surface area contributed by atoms with Crippen LogP contribution in [0.4, 0.5) is 0 Å². The molecule has 0 radical (unpaired) electrons. The molecule has 33 heavy (non-hydrogen) atoms. The van der Waals surface area contributed by atoms with E-state index in [0.717, 1.165) is 43.7 Å². The minimum Gasteiger partial charge on any atom is -0.493 e. The highest BCUT2D eigenvalue weighted by molar-refractivity contribution is 7.48. The number of methoxy groups -OCH3 is 2. The Morgan fingerprint density at radius 3 is 2.48 bits per heavy atom. The van der Waals surface area contributed by atoms with Gasteiger partial charge in [0.05, 0.1) is 27.4 Å². The molecule has 3 saturated heterocycles. The molecule has 3 heterocycles. The molecular formula is C24H34NO7P. The molecule has 0 unspecified atom stereocenters. The first kappa shape index (κ1) is 23.2. The summed E-state index contributed by atoms with van der Waals surface area (Å²) in [6.45, 7) is 3.14. The largest absolute Gasteiger partial charge is 0.529 e. The normalized spacial score (nSPS) is 31.0. The van der Waals surface area contributed by atoms with Gasteiger partial charge >= 0.3 is 7.82 Å². The van der Waals surface area contributed by atoms with Crippen LogP contribution >= 0.6 is 7.82 Å². The number of ether oxygens (including phenoxy) is 3. The molecule has 0 amide bonds. The summed E-state index contributed by atoms with van der Waals surface area (Å²) < 4.78 is 47.1. The van der Waals surface area contributed by atoms with Crippen molar-refractivity contribution in [1.82, 2.24) is 4.90 Å². The average Bonchev–Trinajstić information content (AvgIpc) is 3.18. The summed E-state index contributed by atoms with van der Waals surface area (Å²) in [7, 11) is 1.84.